The molecular formula is C4H7N5. The van der Waals surface area contributed by atoms with Gasteiger partial charge in [0.15, 0.2) is 11.7 Å². The Labute approximate surface area is 52.0 Å². The predicted octanol–water partition coefficient (Wildman–Crippen LogP) is -0.860. The second kappa shape index (κ2) is 2.25. The van der Waals surface area contributed by atoms with E-state index in [4.69, 9.17) is 5.73 Å². The number of H-pyrrole nitrogens is 1. The molecule has 0 aliphatic heterocycles. The summed E-state index contributed by atoms with van der Waals surface area (Å²) in [5, 5.41) is 6.17. The molecule has 0 bridgehead atoms. The molecule has 0 atom stereocenters. The van der Waals surface area contributed by atoms with E-state index in [1.165, 1.54) is 6.33 Å². The fourth-order valence-corrected chi connectivity index (χ4v) is 0.435. The van der Waals surface area contributed by atoms with Gasteiger partial charge in [-0.05, 0) is 0 Å². The Kier molecular flexibility index (Phi) is 1.44. The molecule has 3 N–H and O–H groups in total. The quantitative estimate of drug-likeness (QED) is 0.378. The summed E-state index contributed by atoms with van der Waals surface area (Å²) >= 11 is 0. The summed E-state index contributed by atoms with van der Waals surface area (Å²) in [6.45, 7) is 0. The molecule has 0 saturated carbocycles. The van der Waals surface area contributed by atoms with E-state index in [1.807, 2.05) is 0 Å². The first kappa shape index (κ1) is 5.74. The molecule has 0 spiro atoms. The minimum absolute atomic E-state index is 0.368. The lowest BCUT2D eigenvalue weighted by molar-refractivity contribution is 1.07. The van der Waals surface area contributed by atoms with Crippen LogP contribution in [-0.4, -0.2) is 28.1 Å². The molecular weight excluding hydrogens is 118 g/mol. The Balaban J connectivity index is 2.90. The second-order valence-corrected chi connectivity index (χ2v) is 1.44. The number of nitrogens with two attached hydrogens (primary N) is 1. The van der Waals surface area contributed by atoms with Crippen molar-refractivity contribution >= 4 is 5.84 Å². The molecule has 9 heavy (non-hydrogen) atoms. The Morgan fingerprint density at radius 1 is 1.89 bits per heavy atom. The highest BCUT2D eigenvalue weighted by Crippen LogP contribution is 1.81. The second-order valence-electron chi connectivity index (χ2n) is 1.44. The topological polar surface area (TPSA) is 79.9 Å². The zero-order valence-corrected chi connectivity index (χ0v) is 5.00. The maximum atomic E-state index is 5.35. The number of amidine groups is 1. The van der Waals surface area contributed by atoms with Crippen LogP contribution in [0.1, 0.15) is 5.82 Å². The van der Waals surface area contributed by atoms with Crippen LogP contribution in [-0.2, 0) is 0 Å². The third-order valence-electron chi connectivity index (χ3n) is 0.899. The predicted molar refractivity (Wildman–Crippen MR) is 33.0 cm³/mol. The number of nitrogens with one attached hydrogen (secondary N) is 1. The number of aromatic amines is 1. The van der Waals surface area contributed by atoms with Crippen LogP contribution in [0.25, 0.3) is 0 Å². The molecule has 48 valence electrons. The summed E-state index contributed by atoms with van der Waals surface area (Å²) in [6, 6.07) is 0. The van der Waals surface area contributed by atoms with Crippen molar-refractivity contribution in [2.24, 2.45) is 10.7 Å². The molecule has 1 aromatic heterocycles. The summed E-state index contributed by atoms with van der Waals surface area (Å²) in [5.74, 6) is 0.880. The van der Waals surface area contributed by atoms with Crippen molar-refractivity contribution in [3.8, 4) is 0 Å². The van der Waals surface area contributed by atoms with Crippen molar-refractivity contribution < 1.29 is 0 Å². The molecule has 1 rings (SSSR count). The number of rotatable bonds is 1. The van der Waals surface area contributed by atoms with Crippen LogP contribution in [0.2, 0.25) is 0 Å². The van der Waals surface area contributed by atoms with E-state index in [2.05, 4.69) is 20.2 Å². The smallest absolute Gasteiger partial charge is 0.190 e. The van der Waals surface area contributed by atoms with Gasteiger partial charge in [0.2, 0.25) is 0 Å². The van der Waals surface area contributed by atoms with E-state index >= 15 is 0 Å². The van der Waals surface area contributed by atoms with Gasteiger partial charge in [-0.15, -0.1) is 0 Å². The number of aliphatic imine (C=N–C) groups is 1. The molecule has 0 fully saturated rings. The zero-order chi connectivity index (χ0) is 6.69. The van der Waals surface area contributed by atoms with Gasteiger partial charge in [0.25, 0.3) is 0 Å². The first-order valence-corrected chi connectivity index (χ1v) is 2.42. The van der Waals surface area contributed by atoms with Crippen LogP contribution in [0.5, 0.6) is 0 Å². The van der Waals surface area contributed by atoms with Gasteiger partial charge < -0.3 is 5.73 Å². The Hall–Kier alpha value is -1.39. The number of hydrogen-bond acceptors (Lipinski definition) is 3. The summed E-state index contributed by atoms with van der Waals surface area (Å²) in [7, 11) is 1.60. The molecule has 0 unspecified atom stereocenters. The molecule has 1 heterocycles. The van der Waals surface area contributed by atoms with Gasteiger partial charge in [-0.1, -0.05) is 0 Å². The Morgan fingerprint density at radius 2 is 2.67 bits per heavy atom. The van der Waals surface area contributed by atoms with Crippen molar-refractivity contribution in [3.63, 3.8) is 0 Å². The van der Waals surface area contributed by atoms with Crippen molar-refractivity contribution in [1.82, 2.24) is 15.2 Å². The standard InChI is InChI=1S/C4H7N5/c1-6-3(5)4-7-2-8-9-4/h2H,1H3,(H2,5,6)(H,7,8,9). The molecule has 5 nitrogen and oxygen atoms in total. The van der Waals surface area contributed by atoms with Crippen molar-refractivity contribution in [3.05, 3.63) is 12.2 Å². The molecule has 5 heteroatoms. The van der Waals surface area contributed by atoms with Crippen LogP contribution < -0.4 is 5.73 Å². The first-order valence-electron chi connectivity index (χ1n) is 2.42. The van der Waals surface area contributed by atoms with E-state index in [9.17, 15) is 0 Å². The van der Waals surface area contributed by atoms with E-state index in [0.717, 1.165) is 0 Å². The van der Waals surface area contributed by atoms with E-state index in [0.29, 0.717) is 11.7 Å². The van der Waals surface area contributed by atoms with Gasteiger partial charge >= 0.3 is 0 Å². The van der Waals surface area contributed by atoms with Gasteiger partial charge in [0.1, 0.15) is 6.33 Å². The van der Waals surface area contributed by atoms with Gasteiger partial charge in [0.05, 0.1) is 0 Å². The van der Waals surface area contributed by atoms with Crippen LogP contribution in [0.3, 0.4) is 0 Å². The van der Waals surface area contributed by atoms with Crippen molar-refractivity contribution in [2.75, 3.05) is 7.05 Å². The maximum Gasteiger partial charge on any atom is 0.190 e. The van der Waals surface area contributed by atoms with Gasteiger partial charge in [-0.2, -0.15) is 5.10 Å². The molecule has 0 amide bonds. The summed E-state index contributed by atoms with van der Waals surface area (Å²) in [5.41, 5.74) is 5.35. The Bertz CT molecular complexity index is 199. The third kappa shape index (κ3) is 1.04. The van der Waals surface area contributed by atoms with Crippen LogP contribution >= 0.6 is 0 Å². The zero-order valence-electron chi connectivity index (χ0n) is 5.00. The monoisotopic (exact) mass is 125 g/mol. The Morgan fingerprint density at radius 3 is 3.11 bits per heavy atom. The third-order valence-corrected chi connectivity index (χ3v) is 0.899. The fourth-order valence-electron chi connectivity index (χ4n) is 0.435. The fraction of sp³-hybridized carbons (Fsp3) is 0.250. The highest BCUT2D eigenvalue weighted by Gasteiger charge is 1.96. The lowest BCUT2D eigenvalue weighted by atomic mass is 10.6. The summed E-state index contributed by atoms with van der Waals surface area (Å²) < 4.78 is 0. The molecule has 0 saturated heterocycles. The van der Waals surface area contributed by atoms with Gasteiger partial charge in [-0.3, -0.25) is 10.1 Å². The number of aromatic nitrogens is 3. The van der Waals surface area contributed by atoms with E-state index in [-0.39, 0.29) is 0 Å². The van der Waals surface area contributed by atoms with Crippen LogP contribution in [0.15, 0.2) is 11.3 Å². The highest BCUT2D eigenvalue weighted by molar-refractivity contribution is 5.93. The molecule has 0 aliphatic carbocycles. The average Bonchev–Trinajstić information content (AvgIpc) is 2.37. The largest absolute Gasteiger partial charge is 0.381 e. The molecule has 0 radical (unpaired) electrons. The minimum atomic E-state index is 0.368. The normalized spacial score (nSPS) is 11.9. The maximum absolute atomic E-state index is 5.35. The first-order chi connectivity index (χ1) is 4.34. The lowest BCUT2D eigenvalue weighted by Crippen LogP contribution is -2.14. The van der Waals surface area contributed by atoms with E-state index < -0.39 is 0 Å². The van der Waals surface area contributed by atoms with Gasteiger partial charge in [-0.25, -0.2) is 4.98 Å². The minimum Gasteiger partial charge on any atom is -0.381 e. The van der Waals surface area contributed by atoms with E-state index in [1.54, 1.807) is 7.05 Å². The SMILES string of the molecule is CN=C(N)c1ncn[nH]1. The van der Waals surface area contributed by atoms with Crippen molar-refractivity contribution in [1.29, 1.82) is 0 Å². The summed E-state index contributed by atoms with van der Waals surface area (Å²) in [6.07, 6.45) is 1.38. The molecule has 0 aliphatic rings. The molecule has 1 aromatic rings. The van der Waals surface area contributed by atoms with Crippen LogP contribution in [0, 0.1) is 0 Å². The number of nitrogens with zero attached hydrogens (tertiary/aromatic N) is 3. The average molecular weight is 125 g/mol. The summed E-state index contributed by atoms with van der Waals surface area (Å²) in [4.78, 5) is 7.46. The van der Waals surface area contributed by atoms with Crippen molar-refractivity contribution in [2.45, 2.75) is 0 Å². The number of hydrogen-bond donors (Lipinski definition) is 2. The highest BCUT2D eigenvalue weighted by atomic mass is 15.2. The lowest BCUT2D eigenvalue weighted by Gasteiger charge is -1.87. The van der Waals surface area contributed by atoms with Crippen LogP contribution in [0.4, 0.5) is 0 Å². The van der Waals surface area contributed by atoms with Gasteiger partial charge in [0, 0.05) is 7.05 Å². The molecule has 0 aromatic carbocycles.